The maximum atomic E-state index is 13.1. The molecule has 0 spiro atoms. The van der Waals surface area contributed by atoms with Gasteiger partial charge in [-0.3, -0.25) is 37.3 Å². The normalized spacial score (nSPS) is 14.7. The zero-order valence-electron chi connectivity index (χ0n) is 65.8. The smallest absolute Gasteiger partial charge is 0.462 e. The summed E-state index contributed by atoms with van der Waals surface area (Å²) >= 11 is 0. The first kappa shape index (κ1) is 100. The van der Waals surface area contributed by atoms with E-state index in [-0.39, 0.29) is 25.7 Å². The lowest BCUT2D eigenvalue weighted by atomic mass is 10.1. The summed E-state index contributed by atoms with van der Waals surface area (Å²) in [6.07, 6.45) is 91.9. The van der Waals surface area contributed by atoms with Gasteiger partial charge in [-0.2, -0.15) is 0 Å². The maximum Gasteiger partial charge on any atom is 0.472 e. The molecular weight excluding hydrogens is 1380 g/mol. The summed E-state index contributed by atoms with van der Waals surface area (Å²) in [4.78, 5) is 73.1. The van der Waals surface area contributed by atoms with E-state index in [4.69, 9.17) is 37.0 Å². The molecule has 0 aliphatic heterocycles. The number of aliphatic hydroxyl groups is 1. The summed E-state index contributed by atoms with van der Waals surface area (Å²) in [6, 6.07) is 0. The number of hydrogen-bond donors (Lipinski definition) is 3. The summed E-state index contributed by atoms with van der Waals surface area (Å²) in [5, 5.41) is 10.6. The van der Waals surface area contributed by atoms with Crippen LogP contribution in [0.1, 0.15) is 297 Å². The fourth-order valence-electron chi connectivity index (χ4n) is 10.0. The molecule has 5 unspecified atom stereocenters. The van der Waals surface area contributed by atoms with Gasteiger partial charge in [0, 0.05) is 25.7 Å². The Morgan fingerprint density at radius 2 is 0.500 bits per heavy atom. The SMILES string of the molecule is CC/C=C\C/C=C\C/C=C\C/C=C\C/C=C\CCCCCC(=O)OCC(COP(=O)(O)OCC(O)COP(=O)(O)OCC(COC(=O)CCCCCCC/C=C\C/C=C\CCCCC)OC(=O)CCCCCCC/C=C\C/C=C\CCCCC)OC(=O)CCC/C=C\C/C=C\C/C=C\C/C=C\C/C=C\CC. The van der Waals surface area contributed by atoms with Crippen molar-refractivity contribution in [2.45, 2.75) is 316 Å². The number of aliphatic hydroxyl groups excluding tert-OH is 1. The second-order valence-corrected chi connectivity index (χ2v) is 29.1. The van der Waals surface area contributed by atoms with Gasteiger partial charge in [0.15, 0.2) is 12.2 Å². The van der Waals surface area contributed by atoms with Crippen LogP contribution in [0.4, 0.5) is 0 Å². The first-order valence-electron chi connectivity index (χ1n) is 40.4. The standard InChI is InChI=1S/C87H142O17P2/c1-5-9-13-17-21-25-29-33-37-39-40-42-45-48-52-56-60-64-68-72-85(90)98-78-83(104-87(92)74-70-66-62-58-54-50-46-41-38-34-30-26-22-18-14-10-6-2)80-102-106(95,96)100-76-81(88)75-99-105(93,94)101-79-82(103-86(91)73-69-65-61-57-53-49-44-36-32-28-24-20-16-12-8-4)77-97-84(89)71-67-63-59-55-51-47-43-35-31-27-23-19-15-11-7-3/h9-10,13-14,21-28,33-38,40,42-44,46,48,50,52,58,62,81-83,88H,5-8,11-12,15-20,29-32,39,41,45,47,49,51,53-57,59-61,63-80H2,1-4H3,(H,93,94)(H,95,96)/b13-9-,14-10-,25-21-,26-22-,27-23-,28-24-,37-33-,38-34-,42-40-,43-35-,44-36-,50-46-,52-48-,62-58-. The lowest BCUT2D eigenvalue weighted by Gasteiger charge is -2.21. The highest BCUT2D eigenvalue weighted by molar-refractivity contribution is 7.47. The van der Waals surface area contributed by atoms with E-state index in [1.54, 1.807) is 0 Å². The average Bonchev–Trinajstić information content (AvgIpc) is 0.902. The number of esters is 4. The van der Waals surface area contributed by atoms with Gasteiger partial charge < -0.3 is 33.8 Å². The van der Waals surface area contributed by atoms with Crippen LogP contribution in [0.25, 0.3) is 0 Å². The quantitative estimate of drug-likeness (QED) is 0.0169. The predicted octanol–water partition coefficient (Wildman–Crippen LogP) is 23.8. The molecule has 0 saturated carbocycles. The van der Waals surface area contributed by atoms with Crippen molar-refractivity contribution >= 4 is 39.5 Å². The molecule has 0 heterocycles. The van der Waals surface area contributed by atoms with E-state index in [0.717, 1.165) is 173 Å². The van der Waals surface area contributed by atoms with Crippen molar-refractivity contribution in [3.8, 4) is 0 Å². The molecular formula is C87H142O17P2. The highest BCUT2D eigenvalue weighted by atomic mass is 31.2. The van der Waals surface area contributed by atoms with E-state index >= 15 is 0 Å². The van der Waals surface area contributed by atoms with Crippen LogP contribution in [0, 0.1) is 0 Å². The van der Waals surface area contributed by atoms with Crippen molar-refractivity contribution in [1.82, 2.24) is 0 Å². The first-order valence-corrected chi connectivity index (χ1v) is 43.4. The fourth-order valence-corrected chi connectivity index (χ4v) is 11.6. The number of ether oxygens (including phenoxy) is 4. The highest BCUT2D eigenvalue weighted by Crippen LogP contribution is 2.45. The number of carbonyl (C=O) groups is 4. The average molecular weight is 1520 g/mol. The van der Waals surface area contributed by atoms with Crippen molar-refractivity contribution in [1.29, 1.82) is 0 Å². The van der Waals surface area contributed by atoms with Crippen LogP contribution in [0.5, 0.6) is 0 Å². The van der Waals surface area contributed by atoms with Gasteiger partial charge in [0.05, 0.1) is 26.4 Å². The fraction of sp³-hybridized carbons (Fsp3) is 0.632. The van der Waals surface area contributed by atoms with Crippen molar-refractivity contribution in [2.75, 3.05) is 39.6 Å². The number of hydrogen-bond acceptors (Lipinski definition) is 15. The summed E-state index contributed by atoms with van der Waals surface area (Å²) in [7, 11) is -10.0. The van der Waals surface area contributed by atoms with Gasteiger partial charge in [0.2, 0.25) is 0 Å². The minimum atomic E-state index is -5.01. The Labute approximate surface area is 642 Å². The Hall–Kier alpha value is -5.58. The largest absolute Gasteiger partial charge is 0.472 e. The van der Waals surface area contributed by atoms with Crippen LogP contribution in [0.3, 0.4) is 0 Å². The summed E-state index contributed by atoms with van der Waals surface area (Å²) in [6.45, 7) is 4.45. The van der Waals surface area contributed by atoms with E-state index in [2.05, 4.69) is 186 Å². The molecule has 0 aromatic heterocycles. The molecule has 3 N–H and O–H groups in total. The van der Waals surface area contributed by atoms with Gasteiger partial charge in [-0.05, 0) is 173 Å². The Morgan fingerprint density at radius 3 is 0.802 bits per heavy atom. The number of rotatable bonds is 74. The van der Waals surface area contributed by atoms with E-state index in [9.17, 15) is 43.2 Å². The van der Waals surface area contributed by atoms with E-state index in [0.29, 0.717) is 32.1 Å². The van der Waals surface area contributed by atoms with Crippen molar-refractivity contribution in [3.05, 3.63) is 170 Å². The maximum absolute atomic E-state index is 13.1. The summed E-state index contributed by atoms with van der Waals surface area (Å²) in [5.74, 6) is -2.32. The zero-order chi connectivity index (χ0) is 77.4. The third-order valence-corrected chi connectivity index (χ3v) is 18.0. The topological polar surface area (TPSA) is 237 Å². The summed E-state index contributed by atoms with van der Waals surface area (Å²) in [5.41, 5.74) is 0. The second kappa shape index (κ2) is 77.6. The third-order valence-electron chi connectivity index (χ3n) is 16.1. The number of unbranched alkanes of at least 4 members (excludes halogenated alkanes) is 20. The number of allylic oxidation sites excluding steroid dienone is 28. The molecule has 19 heteroatoms. The molecule has 106 heavy (non-hydrogen) atoms. The second-order valence-electron chi connectivity index (χ2n) is 26.2. The molecule has 0 rings (SSSR count). The van der Waals surface area contributed by atoms with E-state index in [1.807, 2.05) is 12.2 Å². The number of carbonyl (C=O) groups excluding carboxylic acids is 4. The molecule has 0 radical (unpaired) electrons. The first-order chi connectivity index (χ1) is 51.7. The van der Waals surface area contributed by atoms with Gasteiger partial charge in [0.1, 0.15) is 19.3 Å². The molecule has 5 atom stereocenters. The van der Waals surface area contributed by atoms with Crippen molar-refractivity contribution in [2.24, 2.45) is 0 Å². The molecule has 0 saturated heterocycles. The van der Waals surface area contributed by atoms with Crippen molar-refractivity contribution < 1.29 is 80.2 Å². The molecule has 0 amide bonds. The number of phosphoric acid groups is 2. The molecule has 602 valence electrons. The van der Waals surface area contributed by atoms with Crippen molar-refractivity contribution in [3.63, 3.8) is 0 Å². The molecule has 0 bridgehead atoms. The predicted molar refractivity (Wildman–Crippen MR) is 436 cm³/mol. The lowest BCUT2D eigenvalue weighted by molar-refractivity contribution is -0.161. The third kappa shape index (κ3) is 76.6. The van der Waals surface area contributed by atoms with Crippen LogP contribution >= 0.6 is 15.6 Å². The summed E-state index contributed by atoms with van der Waals surface area (Å²) < 4.78 is 68.5. The molecule has 0 aromatic carbocycles. The molecule has 17 nitrogen and oxygen atoms in total. The Morgan fingerprint density at radius 1 is 0.274 bits per heavy atom. The molecule has 0 fully saturated rings. The minimum absolute atomic E-state index is 0.00198. The highest BCUT2D eigenvalue weighted by Gasteiger charge is 2.30. The van der Waals surface area contributed by atoms with E-state index < -0.39 is 97.5 Å². The van der Waals surface area contributed by atoms with Gasteiger partial charge >= 0.3 is 39.5 Å². The van der Waals surface area contributed by atoms with Gasteiger partial charge in [0.25, 0.3) is 0 Å². The molecule has 0 aliphatic rings. The molecule has 0 aliphatic carbocycles. The van der Waals surface area contributed by atoms with Crippen LogP contribution < -0.4 is 0 Å². The number of phosphoric ester groups is 2. The van der Waals surface area contributed by atoms with Crippen LogP contribution in [-0.4, -0.2) is 96.7 Å². The minimum Gasteiger partial charge on any atom is -0.462 e. The Kier molecular flexibility index (Phi) is 73.5. The van der Waals surface area contributed by atoms with Gasteiger partial charge in [-0.25, -0.2) is 9.13 Å². The Balaban J connectivity index is 5.49. The van der Waals surface area contributed by atoms with Crippen LogP contribution in [0.2, 0.25) is 0 Å². The monoisotopic (exact) mass is 1520 g/mol. The van der Waals surface area contributed by atoms with Crippen LogP contribution in [-0.2, 0) is 65.4 Å². The van der Waals surface area contributed by atoms with E-state index in [1.165, 1.54) is 38.5 Å². The van der Waals surface area contributed by atoms with Crippen LogP contribution in [0.15, 0.2) is 170 Å². The zero-order valence-corrected chi connectivity index (χ0v) is 67.6. The Bertz CT molecular complexity index is 2680. The van der Waals surface area contributed by atoms with Gasteiger partial charge in [-0.15, -0.1) is 0 Å². The van der Waals surface area contributed by atoms with Gasteiger partial charge in [-0.1, -0.05) is 268 Å². The lowest BCUT2D eigenvalue weighted by Crippen LogP contribution is -2.30. The molecule has 0 aromatic rings.